The molecule has 29 heavy (non-hydrogen) atoms. The van der Waals surface area contributed by atoms with Crippen LogP contribution in [0.4, 0.5) is 0 Å². The summed E-state index contributed by atoms with van der Waals surface area (Å²) in [7, 11) is 0. The quantitative estimate of drug-likeness (QED) is 0.339. The number of carbonyl (C=O) groups is 4. The van der Waals surface area contributed by atoms with Crippen molar-refractivity contribution < 1.29 is 34.2 Å². The highest BCUT2D eigenvalue weighted by Crippen LogP contribution is 2.26. The van der Waals surface area contributed by atoms with Gasteiger partial charge in [-0.15, -0.1) is 5.06 Å². The number of fused-ring (bicyclic) bond motifs is 1. The number of amides is 4. The standard InChI is InChI=1S/C19H17N3O7/c1-19(2,29-22-16(26)11-5-3-4-6-12(11)17(22)27)18(28)21-20-15(25)10-7-8-13(23)14(24)9-10/h3-9,23-24H,1-2H3,(H,20,25)(H,21,28). The van der Waals surface area contributed by atoms with Crippen molar-refractivity contribution in [1.29, 1.82) is 0 Å². The average Bonchev–Trinajstić information content (AvgIpc) is 2.92. The summed E-state index contributed by atoms with van der Waals surface area (Å²) in [6.07, 6.45) is 0. The van der Waals surface area contributed by atoms with Gasteiger partial charge in [-0.2, -0.15) is 0 Å². The number of phenolic OH excluding ortho intramolecular Hbond substituents is 2. The first-order chi connectivity index (χ1) is 13.6. The molecule has 0 spiro atoms. The molecule has 150 valence electrons. The highest BCUT2D eigenvalue weighted by Gasteiger charge is 2.42. The minimum absolute atomic E-state index is 0.0281. The normalized spacial score (nSPS) is 13.2. The number of hydrogen-bond acceptors (Lipinski definition) is 7. The van der Waals surface area contributed by atoms with Gasteiger partial charge in [0.05, 0.1) is 11.1 Å². The Kier molecular flexibility index (Phi) is 4.95. The molecule has 2 aromatic rings. The highest BCUT2D eigenvalue weighted by atomic mass is 16.7. The summed E-state index contributed by atoms with van der Waals surface area (Å²) in [4.78, 5) is 54.5. The molecule has 0 unspecified atom stereocenters. The van der Waals surface area contributed by atoms with Gasteiger partial charge in [0.2, 0.25) is 0 Å². The number of aromatic hydroxyl groups is 2. The molecule has 0 saturated carbocycles. The van der Waals surface area contributed by atoms with Crippen molar-refractivity contribution in [3.8, 4) is 11.5 Å². The summed E-state index contributed by atoms with van der Waals surface area (Å²) in [6, 6.07) is 9.50. The number of carbonyl (C=O) groups excluding carboxylic acids is 4. The molecule has 10 nitrogen and oxygen atoms in total. The molecule has 0 bridgehead atoms. The smallest absolute Gasteiger partial charge is 0.285 e. The predicted molar refractivity (Wildman–Crippen MR) is 97.5 cm³/mol. The van der Waals surface area contributed by atoms with Crippen LogP contribution >= 0.6 is 0 Å². The van der Waals surface area contributed by atoms with E-state index in [1.54, 1.807) is 12.1 Å². The van der Waals surface area contributed by atoms with Crippen LogP contribution in [0.1, 0.15) is 44.9 Å². The van der Waals surface area contributed by atoms with E-state index in [9.17, 15) is 29.4 Å². The Labute approximate surface area is 164 Å². The van der Waals surface area contributed by atoms with Crippen LogP contribution in [-0.4, -0.2) is 44.5 Å². The molecule has 1 aliphatic rings. The summed E-state index contributed by atoms with van der Waals surface area (Å²) in [5, 5.41) is 19.2. The Morgan fingerprint density at radius 2 is 1.52 bits per heavy atom. The van der Waals surface area contributed by atoms with Crippen LogP contribution in [0.2, 0.25) is 0 Å². The fourth-order valence-electron chi connectivity index (χ4n) is 2.52. The van der Waals surface area contributed by atoms with Crippen LogP contribution in [0.5, 0.6) is 11.5 Å². The molecule has 3 rings (SSSR count). The van der Waals surface area contributed by atoms with E-state index in [1.807, 2.05) is 0 Å². The molecule has 4 amide bonds. The van der Waals surface area contributed by atoms with Crippen molar-refractivity contribution in [2.75, 3.05) is 0 Å². The van der Waals surface area contributed by atoms with Crippen LogP contribution in [0.15, 0.2) is 42.5 Å². The van der Waals surface area contributed by atoms with E-state index >= 15 is 0 Å². The van der Waals surface area contributed by atoms with E-state index < -0.39 is 40.7 Å². The second-order valence-corrected chi connectivity index (χ2v) is 6.66. The number of nitrogens with zero attached hydrogens (tertiary/aromatic N) is 1. The zero-order valence-electron chi connectivity index (χ0n) is 15.4. The van der Waals surface area contributed by atoms with Gasteiger partial charge in [0.15, 0.2) is 17.1 Å². The molecule has 0 fully saturated rings. The van der Waals surface area contributed by atoms with E-state index in [-0.39, 0.29) is 16.7 Å². The monoisotopic (exact) mass is 399 g/mol. The maximum Gasteiger partial charge on any atom is 0.285 e. The summed E-state index contributed by atoms with van der Waals surface area (Å²) in [5.74, 6) is -3.92. The van der Waals surface area contributed by atoms with Gasteiger partial charge in [-0.05, 0) is 44.2 Å². The molecule has 0 aliphatic carbocycles. The second kappa shape index (κ2) is 7.24. The number of imide groups is 1. The Balaban J connectivity index is 1.64. The molecule has 0 saturated heterocycles. The first-order valence-corrected chi connectivity index (χ1v) is 8.41. The van der Waals surface area contributed by atoms with Crippen molar-refractivity contribution >= 4 is 23.6 Å². The fourth-order valence-corrected chi connectivity index (χ4v) is 2.52. The maximum absolute atomic E-state index is 12.4. The van der Waals surface area contributed by atoms with Crippen LogP contribution in [0.25, 0.3) is 0 Å². The summed E-state index contributed by atoms with van der Waals surface area (Å²) in [6.45, 7) is 2.62. The number of nitrogens with one attached hydrogen (secondary N) is 2. The molecular formula is C19H17N3O7. The van der Waals surface area contributed by atoms with Crippen LogP contribution in [-0.2, 0) is 9.63 Å². The number of benzene rings is 2. The Morgan fingerprint density at radius 1 is 0.931 bits per heavy atom. The zero-order chi connectivity index (χ0) is 21.3. The Hall–Kier alpha value is -3.92. The van der Waals surface area contributed by atoms with Gasteiger partial charge in [0.1, 0.15) is 0 Å². The van der Waals surface area contributed by atoms with Crippen molar-refractivity contribution in [1.82, 2.24) is 15.9 Å². The van der Waals surface area contributed by atoms with Gasteiger partial charge in [0.25, 0.3) is 23.6 Å². The van der Waals surface area contributed by atoms with E-state index in [2.05, 4.69) is 10.9 Å². The maximum atomic E-state index is 12.4. The van der Waals surface area contributed by atoms with E-state index in [0.717, 1.165) is 12.1 Å². The largest absolute Gasteiger partial charge is 0.504 e. The van der Waals surface area contributed by atoms with Crippen molar-refractivity contribution in [3.63, 3.8) is 0 Å². The molecule has 0 aromatic heterocycles. The molecular weight excluding hydrogens is 382 g/mol. The molecule has 10 heteroatoms. The van der Waals surface area contributed by atoms with Gasteiger partial charge in [-0.3, -0.25) is 30.0 Å². The van der Waals surface area contributed by atoms with Gasteiger partial charge >= 0.3 is 0 Å². The molecule has 1 heterocycles. The summed E-state index contributed by atoms with van der Waals surface area (Å²) >= 11 is 0. The fraction of sp³-hybridized carbons (Fsp3) is 0.158. The van der Waals surface area contributed by atoms with Gasteiger partial charge < -0.3 is 10.2 Å². The van der Waals surface area contributed by atoms with Crippen molar-refractivity contribution in [3.05, 3.63) is 59.2 Å². The minimum atomic E-state index is -1.70. The SMILES string of the molecule is CC(C)(ON1C(=O)c2ccccc2C1=O)C(=O)NNC(=O)c1ccc(O)c(O)c1. The lowest BCUT2D eigenvalue weighted by Crippen LogP contribution is -2.54. The zero-order valence-corrected chi connectivity index (χ0v) is 15.4. The third-order valence-electron chi connectivity index (χ3n) is 4.15. The van der Waals surface area contributed by atoms with Crippen LogP contribution < -0.4 is 10.9 Å². The van der Waals surface area contributed by atoms with Crippen molar-refractivity contribution in [2.45, 2.75) is 19.4 Å². The number of hydrogen-bond donors (Lipinski definition) is 4. The molecule has 0 radical (unpaired) electrons. The van der Waals surface area contributed by atoms with E-state index in [1.165, 1.54) is 32.0 Å². The first-order valence-electron chi connectivity index (χ1n) is 8.41. The molecule has 0 atom stereocenters. The van der Waals surface area contributed by atoms with Crippen LogP contribution in [0.3, 0.4) is 0 Å². The lowest BCUT2D eigenvalue weighted by Gasteiger charge is -2.27. The Morgan fingerprint density at radius 3 is 2.07 bits per heavy atom. The van der Waals surface area contributed by atoms with Gasteiger partial charge in [-0.1, -0.05) is 12.1 Å². The van der Waals surface area contributed by atoms with Gasteiger partial charge in [0, 0.05) is 5.56 Å². The Bertz CT molecular complexity index is 997. The lowest BCUT2D eigenvalue weighted by molar-refractivity contribution is -0.185. The predicted octanol–water partition coefficient (Wildman–Crippen LogP) is 0.865. The molecule has 1 aliphatic heterocycles. The minimum Gasteiger partial charge on any atom is -0.504 e. The number of rotatable bonds is 4. The third-order valence-corrected chi connectivity index (χ3v) is 4.15. The topological polar surface area (TPSA) is 145 Å². The number of hydrazine groups is 1. The lowest BCUT2D eigenvalue weighted by atomic mass is 10.1. The average molecular weight is 399 g/mol. The summed E-state index contributed by atoms with van der Waals surface area (Å²) in [5.41, 5.74) is 2.84. The van der Waals surface area contributed by atoms with Gasteiger partial charge in [-0.25, -0.2) is 4.84 Å². The summed E-state index contributed by atoms with van der Waals surface area (Å²) < 4.78 is 0. The van der Waals surface area contributed by atoms with E-state index in [0.29, 0.717) is 5.06 Å². The second-order valence-electron chi connectivity index (χ2n) is 6.66. The van der Waals surface area contributed by atoms with E-state index in [4.69, 9.17) is 4.84 Å². The molecule has 2 aromatic carbocycles. The third kappa shape index (κ3) is 3.73. The number of phenols is 2. The number of hydroxylamine groups is 2. The van der Waals surface area contributed by atoms with Crippen molar-refractivity contribution in [2.24, 2.45) is 0 Å². The highest BCUT2D eigenvalue weighted by molar-refractivity contribution is 6.20. The first kappa shape index (κ1) is 19.8. The molecule has 4 N–H and O–H groups in total. The van der Waals surface area contributed by atoms with Crippen LogP contribution in [0, 0.1) is 0 Å².